The SMILES string of the molecule is Cc1ccccc1N(C(=O)CCNC(=O)C1CC1C)C(C)C. The molecule has 1 aliphatic carbocycles. The van der Waals surface area contributed by atoms with Gasteiger partial charge in [0.05, 0.1) is 0 Å². The Balaban J connectivity index is 1.93. The molecule has 0 saturated heterocycles. The van der Waals surface area contributed by atoms with Crippen molar-refractivity contribution >= 4 is 17.5 Å². The van der Waals surface area contributed by atoms with Crippen molar-refractivity contribution in [3.63, 3.8) is 0 Å². The van der Waals surface area contributed by atoms with Crippen LogP contribution in [0.3, 0.4) is 0 Å². The fourth-order valence-corrected chi connectivity index (χ4v) is 2.77. The van der Waals surface area contributed by atoms with Crippen LogP contribution in [0.2, 0.25) is 0 Å². The number of nitrogens with zero attached hydrogens (tertiary/aromatic N) is 1. The number of aryl methyl sites for hydroxylation is 1. The van der Waals surface area contributed by atoms with Gasteiger partial charge in [0.1, 0.15) is 0 Å². The Hall–Kier alpha value is -1.84. The number of carbonyl (C=O) groups is 2. The molecule has 2 amide bonds. The number of anilines is 1. The Morgan fingerprint density at radius 2 is 1.95 bits per heavy atom. The normalized spacial score (nSPS) is 19.9. The molecular formula is C18H26N2O2. The zero-order valence-corrected chi connectivity index (χ0v) is 13.9. The van der Waals surface area contributed by atoms with E-state index >= 15 is 0 Å². The number of hydrogen-bond acceptors (Lipinski definition) is 2. The lowest BCUT2D eigenvalue weighted by atomic mass is 10.1. The first-order chi connectivity index (χ1) is 10.4. The zero-order valence-electron chi connectivity index (χ0n) is 13.9. The number of nitrogens with one attached hydrogen (secondary N) is 1. The van der Waals surface area contributed by atoms with E-state index in [0.29, 0.717) is 18.9 Å². The average molecular weight is 302 g/mol. The Labute approximate surface area is 132 Å². The van der Waals surface area contributed by atoms with Crippen molar-refractivity contribution in [2.45, 2.75) is 46.6 Å². The largest absolute Gasteiger partial charge is 0.355 e. The Morgan fingerprint density at radius 3 is 2.50 bits per heavy atom. The van der Waals surface area contributed by atoms with Crippen LogP contribution in [0, 0.1) is 18.8 Å². The maximum absolute atomic E-state index is 12.5. The van der Waals surface area contributed by atoms with E-state index in [1.807, 2.05) is 49.9 Å². The molecule has 0 radical (unpaired) electrons. The third-order valence-electron chi connectivity index (χ3n) is 4.24. The van der Waals surface area contributed by atoms with Crippen molar-refractivity contribution in [3.8, 4) is 0 Å². The highest BCUT2D eigenvalue weighted by Gasteiger charge is 2.38. The standard InChI is InChI=1S/C18H26N2O2/c1-12(2)20(16-8-6-5-7-13(16)3)17(21)9-10-19-18(22)15-11-14(15)4/h5-8,12,14-15H,9-11H2,1-4H3,(H,19,22). The third-order valence-corrected chi connectivity index (χ3v) is 4.24. The van der Waals surface area contributed by atoms with Gasteiger partial charge < -0.3 is 10.2 Å². The Kier molecular flexibility index (Phi) is 5.22. The second-order valence-electron chi connectivity index (χ2n) is 6.50. The molecule has 1 N–H and O–H groups in total. The summed E-state index contributed by atoms with van der Waals surface area (Å²) in [7, 11) is 0. The maximum atomic E-state index is 12.5. The minimum atomic E-state index is 0.0495. The van der Waals surface area contributed by atoms with Gasteiger partial charge in [-0.2, -0.15) is 0 Å². The molecule has 1 fully saturated rings. The van der Waals surface area contributed by atoms with E-state index < -0.39 is 0 Å². The van der Waals surface area contributed by atoms with Crippen LogP contribution < -0.4 is 10.2 Å². The first kappa shape index (κ1) is 16.5. The van der Waals surface area contributed by atoms with Gasteiger partial charge in [0, 0.05) is 30.6 Å². The molecular weight excluding hydrogens is 276 g/mol. The van der Waals surface area contributed by atoms with Gasteiger partial charge in [-0.15, -0.1) is 0 Å². The number of benzene rings is 1. The van der Waals surface area contributed by atoms with E-state index in [1.54, 1.807) is 0 Å². The quantitative estimate of drug-likeness (QED) is 0.878. The molecule has 0 bridgehead atoms. The fourth-order valence-electron chi connectivity index (χ4n) is 2.77. The van der Waals surface area contributed by atoms with Crippen molar-refractivity contribution in [3.05, 3.63) is 29.8 Å². The van der Waals surface area contributed by atoms with Crippen molar-refractivity contribution in [1.82, 2.24) is 5.32 Å². The Bertz CT molecular complexity index is 554. The summed E-state index contributed by atoms with van der Waals surface area (Å²) in [6, 6.07) is 7.99. The van der Waals surface area contributed by atoms with E-state index in [4.69, 9.17) is 0 Å². The molecule has 0 heterocycles. The Morgan fingerprint density at radius 1 is 1.32 bits per heavy atom. The monoisotopic (exact) mass is 302 g/mol. The molecule has 1 saturated carbocycles. The van der Waals surface area contributed by atoms with E-state index in [2.05, 4.69) is 12.2 Å². The molecule has 2 rings (SSSR count). The molecule has 4 nitrogen and oxygen atoms in total. The second kappa shape index (κ2) is 6.95. The van der Waals surface area contributed by atoms with Gasteiger partial charge in [-0.1, -0.05) is 25.1 Å². The summed E-state index contributed by atoms with van der Waals surface area (Å²) in [5.74, 6) is 0.795. The molecule has 1 aliphatic rings. The molecule has 4 heteroatoms. The topological polar surface area (TPSA) is 49.4 Å². The molecule has 0 aromatic heterocycles. The molecule has 1 aromatic carbocycles. The lowest BCUT2D eigenvalue weighted by molar-refractivity contribution is -0.122. The summed E-state index contributed by atoms with van der Waals surface area (Å²) in [5, 5.41) is 2.88. The van der Waals surface area contributed by atoms with Gasteiger partial charge >= 0.3 is 0 Å². The summed E-state index contributed by atoms with van der Waals surface area (Å²) in [6.45, 7) is 8.52. The molecule has 2 atom stereocenters. The van der Waals surface area contributed by atoms with Gasteiger partial charge in [0.2, 0.25) is 11.8 Å². The summed E-state index contributed by atoms with van der Waals surface area (Å²) in [5.41, 5.74) is 2.03. The molecule has 2 unspecified atom stereocenters. The van der Waals surface area contributed by atoms with E-state index in [-0.39, 0.29) is 23.8 Å². The van der Waals surface area contributed by atoms with Gasteiger partial charge in [-0.05, 0) is 44.7 Å². The van der Waals surface area contributed by atoms with Gasteiger partial charge in [0.15, 0.2) is 0 Å². The van der Waals surface area contributed by atoms with Gasteiger partial charge in [-0.3, -0.25) is 9.59 Å². The predicted molar refractivity (Wildman–Crippen MR) is 88.7 cm³/mol. The van der Waals surface area contributed by atoms with Crippen LogP contribution in [0.15, 0.2) is 24.3 Å². The first-order valence-corrected chi connectivity index (χ1v) is 8.07. The lowest BCUT2D eigenvalue weighted by Gasteiger charge is -2.28. The van der Waals surface area contributed by atoms with Crippen LogP contribution in [0.5, 0.6) is 0 Å². The van der Waals surface area contributed by atoms with E-state index in [9.17, 15) is 9.59 Å². The van der Waals surface area contributed by atoms with Crippen molar-refractivity contribution in [2.75, 3.05) is 11.4 Å². The van der Waals surface area contributed by atoms with Crippen LogP contribution >= 0.6 is 0 Å². The highest BCUT2D eigenvalue weighted by atomic mass is 16.2. The number of amides is 2. The fraction of sp³-hybridized carbons (Fsp3) is 0.556. The smallest absolute Gasteiger partial charge is 0.229 e. The van der Waals surface area contributed by atoms with Gasteiger partial charge in [0.25, 0.3) is 0 Å². The minimum Gasteiger partial charge on any atom is -0.355 e. The zero-order chi connectivity index (χ0) is 16.3. The maximum Gasteiger partial charge on any atom is 0.229 e. The molecule has 120 valence electrons. The predicted octanol–water partition coefficient (Wildman–Crippen LogP) is 2.90. The summed E-state index contributed by atoms with van der Waals surface area (Å²) >= 11 is 0. The number of rotatable bonds is 6. The second-order valence-corrected chi connectivity index (χ2v) is 6.50. The molecule has 22 heavy (non-hydrogen) atoms. The van der Waals surface area contributed by atoms with Crippen LogP contribution in [0.25, 0.3) is 0 Å². The van der Waals surface area contributed by atoms with Gasteiger partial charge in [-0.25, -0.2) is 0 Å². The summed E-state index contributed by atoms with van der Waals surface area (Å²) < 4.78 is 0. The highest BCUT2D eigenvalue weighted by molar-refractivity contribution is 5.95. The summed E-state index contributed by atoms with van der Waals surface area (Å²) in [6.07, 6.45) is 1.31. The number of hydrogen-bond donors (Lipinski definition) is 1. The molecule has 0 aliphatic heterocycles. The van der Waals surface area contributed by atoms with Crippen LogP contribution in [0.1, 0.15) is 39.2 Å². The molecule has 1 aromatic rings. The van der Waals surface area contributed by atoms with Crippen LogP contribution in [-0.4, -0.2) is 24.4 Å². The molecule has 0 spiro atoms. The van der Waals surface area contributed by atoms with Crippen LogP contribution in [-0.2, 0) is 9.59 Å². The first-order valence-electron chi connectivity index (χ1n) is 8.07. The number of para-hydroxylation sites is 1. The minimum absolute atomic E-state index is 0.0495. The third kappa shape index (κ3) is 3.87. The van der Waals surface area contributed by atoms with Crippen molar-refractivity contribution < 1.29 is 9.59 Å². The average Bonchev–Trinajstić information content (AvgIpc) is 3.18. The van der Waals surface area contributed by atoms with E-state index in [1.165, 1.54) is 0 Å². The lowest BCUT2D eigenvalue weighted by Crippen LogP contribution is -2.39. The van der Waals surface area contributed by atoms with Crippen molar-refractivity contribution in [1.29, 1.82) is 0 Å². The number of carbonyl (C=O) groups excluding carboxylic acids is 2. The van der Waals surface area contributed by atoms with Crippen molar-refractivity contribution in [2.24, 2.45) is 11.8 Å². The van der Waals surface area contributed by atoms with E-state index in [0.717, 1.165) is 17.7 Å². The summed E-state index contributed by atoms with van der Waals surface area (Å²) in [4.78, 5) is 26.2. The van der Waals surface area contributed by atoms with Crippen LogP contribution in [0.4, 0.5) is 5.69 Å². The highest BCUT2D eigenvalue weighted by Crippen LogP contribution is 2.37.